The molecule has 1 aliphatic heterocycles. The molecule has 0 bridgehead atoms. The molecule has 4 heteroatoms. The molecule has 0 saturated carbocycles. The lowest BCUT2D eigenvalue weighted by Crippen LogP contribution is -2.29. The minimum absolute atomic E-state index is 0.0320. The maximum Gasteiger partial charge on any atom is 0.221 e. The van der Waals surface area contributed by atoms with Crippen LogP contribution in [-0.4, -0.2) is 17.0 Å². The van der Waals surface area contributed by atoms with Crippen LogP contribution in [-0.2, 0) is 17.6 Å². The topological polar surface area (TPSA) is 51.2 Å². The molecule has 4 nitrogen and oxygen atoms in total. The molecule has 0 fully saturated rings. The number of rotatable bonds is 6. The van der Waals surface area contributed by atoms with E-state index in [4.69, 9.17) is 4.74 Å². The Bertz CT molecular complexity index is 983. The van der Waals surface area contributed by atoms with Gasteiger partial charge in [0.25, 0.3) is 0 Å². The lowest BCUT2D eigenvalue weighted by atomic mass is 9.98. The summed E-state index contributed by atoms with van der Waals surface area (Å²) in [6.07, 6.45) is 5.88. The smallest absolute Gasteiger partial charge is 0.221 e. The molecule has 148 valence electrons. The SMILES string of the molecule is Cc1ccc([C@@H](NC(=O)CCc2ccc3c(c2)C[C@H](C)O3)c2cccnc2)cc1. The van der Waals surface area contributed by atoms with Gasteiger partial charge < -0.3 is 10.1 Å². The number of ether oxygens (including phenoxy) is 1. The van der Waals surface area contributed by atoms with Gasteiger partial charge >= 0.3 is 0 Å². The molecule has 1 aliphatic rings. The Labute approximate surface area is 172 Å². The van der Waals surface area contributed by atoms with Crippen LogP contribution in [0, 0.1) is 6.92 Å². The predicted octanol–water partition coefficient (Wildman–Crippen LogP) is 4.55. The molecule has 1 amide bonds. The van der Waals surface area contributed by atoms with Crippen molar-refractivity contribution in [3.63, 3.8) is 0 Å². The zero-order valence-corrected chi connectivity index (χ0v) is 16.9. The summed E-state index contributed by atoms with van der Waals surface area (Å²) in [5.41, 5.74) is 5.64. The van der Waals surface area contributed by atoms with Gasteiger partial charge in [0.15, 0.2) is 0 Å². The lowest BCUT2D eigenvalue weighted by Gasteiger charge is -2.20. The van der Waals surface area contributed by atoms with Crippen LogP contribution >= 0.6 is 0 Å². The number of aromatic nitrogens is 1. The third-order valence-corrected chi connectivity index (χ3v) is 5.33. The number of carbonyl (C=O) groups is 1. The standard InChI is InChI=1S/C25H26N2O2/c1-17-5-9-20(10-6-17)25(21-4-3-13-26-16-21)27-24(28)12-8-19-7-11-23-22(15-19)14-18(2)29-23/h3-7,9-11,13,15-16,18,25H,8,12,14H2,1-2H3,(H,27,28)/t18-,25+/m0/s1. The fourth-order valence-corrected chi connectivity index (χ4v) is 3.79. The van der Waals surface area contributed by atoms with Crippen LogP contribution in [0.2, 0.25) is 0 Å². The summed E-state index contributed by atoms with van der Waals surface area (Å²) in [4.78, 5) is 17.0. The van der Waals surface area contributed by atoms with Crippen LogP contribution in [0.15, 0.2) is 67.0 Å². The molecule has 4 rings (SSSR count). The summed E-state index contributed by atoms with van der Waals surface area (Å²) >= 11 is 0. The van der Waals surface area contributed by atoms with E-state index in [9.17, 15) is 4.79 Å². The van der Waals surface area contributed by atoms with Crippen molar-refractivity contribution >= 4 is 5.91 Å². The van der Waals surface area contributed by atoms with Gasteiger partial charge in [0.05, 0.1) is 6.04 Å². The van der Waals surface area contributed by atoms with E-state index in [2.05, 4.69) is 60.5 Å². The first-order valence-corrected chi connectivity index (χ1v) is 10.1. The highest BCUT2D eigenvalue weighted by Crippen LogP contribution is 2.29. The first kappa shape index (κ1) is 19.2. The summed E-state index contributed by atoms with van der Waals surface area (Å²) < 4.78 is 5.76. The van der Waals surface area contributed by atoms with Crippen LogP contribution < -0.4 is 10.1 Å². The van der Waals surface area contributed by atoms with Crippen molar-refractivity contribution in [2.24, 2.45) is 0 Å². The Morgan fingerprint density at radius 3 is 2.76 bits per heavy atom. The molecule has 1 aromatic heterocycles. The largest absolute Gasteiger partial charge is 0.490 e. The Morgan fingerprint density at radius 1 is 1.17 bits per heavy atom. The summed E-state index contributed by atoms with van der Waals surface area (Å²) in [5, 5.41) is 3.20. The van der Waals surface area contributed by atoms with Gasteiger partial charge in [-0.15, -0.1) is 0 Å². The van der Waals surface area contributed by atoms with Gasteiger partial charge in [-0.1, -0.05) is 48.0 Å². The molecule has 3 aromatic rings. The van der Waals surface area contributed by atoms with Crippen LogP contribution in [0.1, 0.15) is 47.2 Å². The zero-order chi connectivity index (χ0) is 20.2. The highest BCUT2D eigenvalue weighted by molar-refractivity contribution is 5.77. The quantitative estimate of drug-likeness (QED) is 0.676. The van der Waals surface area contributed by atoms with Crippen molar-refractivity contribution < 1.29 is 9.53 Å². The predicted molar refractivity (Wildman–Crippen MR) is 114 cm³/mol. The van der Waals surface area contributed by atoms with Crippen molar-refractivity contribution in [3.05, 3.63) is 94.8 Å². The second-order valence-corrected chi connectivity index (χ2v) is 7.77. The molecule has 0 spiro atoms. The van der Waals surface area contributed by atoms with E-state index in [1.807, 2.05) is 24.4 Å². The maximum atomic E-state index is 12.8. The first-order valence-electron chi connectivity index (χ1n) is 10.1. The van der Waals surface area contributed by atoms with E-state index >= 15 is 0 Å². The Balaban J connectivity index is 1.44. The Hall–Kier alpha value is -3.14. The number of benzene rings is 2. The van der Waals surface area contributed by atoms with Crippen molar-refractivity contribution in [3.8, 4) is 5.75 Å². The van der Waals surface area contributed by atoms with E-state index in [0.29, 0.717) is 12.8 Å². The van der Waals surface area contributed by atoms with Crippen LogP contribution in [0.4, 0.5) is 0 Å². The molecule has 2 heterocycles. The van der Waals surface area contributed by atoms with Gasteiger partial charge in [-0.05, 0) is 54.7 Å². The zero-order valence-electron chi connectivity index (χ0n) is 16.9. The molecule has 29 heavy (non-hydrogen) atoms. The highest BCUT2D eigenvalue weighted by atomic mass is 16.5. The minimum Gasteiger partial charge on any atom is -0.490 e. The molecule has 2 atom stereocenters. The normalized spacial score (nSPS) is 16.0. The molecule has 0 radical (unpaired) electrons. The molecular weight excluding hydrogens is 360 g/mol. The van der Waals surface area contributed by atoms with Gasteiger partial charge in [0, 0.05) is 25.2 Å². The number of hydrogen-bond acceptors (Lipinski definition) is 3. The molecular formula is C25H26N2O2. The van der Waals surface area contributed by atoms with Crippen LogP contribution in [0.3, 0.4) is 0 Å². The van der Waals surface area contributed by atoms with Gasteiger partial charge in [0.1, 0.15) is 11.9 Å². The van der Waals surface area contributed by atoms with Gasteiger partial charge in [-0.3, -0.25) is 9.78 Å². The highest BCUT2D eigenvalue weighted by Gasteiger charge is 2.20. The number of fused-ring (bicyclic) bond motifs is 1. The van der Waals surface area contributed by atoms with E-state index < -0.39 is 0 Å². The molecule has 2 aromatic carbocycles. The van der Waals surface area contributed by atoms with Gasteiger partial charge in [0.2, 0.25) is 5.91 Å². The van der Waals surface area contributed by atoms with Gasteiger partial charge in [-0.25, -0.2) is 0 Å². The fraction of sp³-hybridized carbons (Fsp3) is 0.280. The van der Waals surface area contributed by atoms with Crippen molar-refractivity contribution in [2.75, 3.05) is 0 Å². The average molecular weight is 386 g/mol. The summed E-state index contributed by atoms with van der Waals surface area (Å²) in [5.74, 6) is 1.01. The number of nitrogens with zero attached hydrogens (tertiary/aromatic N) is 1. The van der Waals surface area contributed by atoms with Crippen molar-refractivity contribution in [1.29, 1.82) is 0 Å². The Morgan fingerprint density at radius 2 is 2.00 bits per heavy atom. The van der Waals surface area contributed by atoms with Crippen LogP contribution in [0.5, 0.6) is 5.75 Å². The number of aryl methyl sites for hydroxylation is 2. The van der Waals surface area contributed by atoms with E-state index in [1.165, 1.54) is 16.7 Å². The van der Waals surface area contributed by atoms with E-state index in [0.717, 1.165) is 23.3 Å². The third kappa shape index (κ3) is 4.65. The number of nitrogens with one attached hydrogen (secondary N) is 1. The minimum atomic E-state index is -0.203. The second kappa shape index (κ2) is 8.48. The number of amides is 1. The first-order chi connectivity index (χ1) is 14.1. The number of carbonyl (C=O) groups excluding carboxylic acids is 1. The van der Waals surface area contributed by atoms with E-state index in [-0.39, 0.29) is 18.1 Å². The Kier molecular flexibility index (Phi) is 5.61. The third-order valence-electron chi connectivity index (χ3n) is 5.33. The second-order valence-electron chi connectivity index (χ2n) is 7.77. The summed E-state index contributed by atoms with van der Waals surface area (Å²) in [6, 6.07) is 18.2. The van der Waals surface area contributed by atoms with Crippen molar-refractivity contribution in [2.45, 2.75) is 45.3 Å². The van der Waals surface area contributed by atoms with Gasteiger partial charge in [-0.2, -0.15) is 0 Å². The molecule has 0 saturated heterocycles. The molecule has 0 aliphatic carbocycles. The fourth-order valence-electron chi connectivity index (χ4n) is 3.79. The maximum absolute atomic E-state index is 12.8. The summed E-state index contributed by atoms with van der Waals surface area (Å²) in [7, 11) is 0. The average Bonchev–Trinajstić information content (AvgIpc) is 3.11. The number of hydrogen-bond donors (Lipinski definition) is 1. The van der Waals surface area contributed by atoms with Crippen molar-refractivity contribution in [1.82, 2.24) is 10.3 Å². The number of pyridine rings is 1. The van der Waals surface area contributed by atoms with E-state index in [1.54, 1.807) is 6.20 Å². The molecule has 0 unspecified atom stereocenters. The summed E-state index contributed by atoms with van der Waals surface area (Å²) in [6.45, 7) is 4.14. The monoisotopic (exact) mass is 386 g/mol. The lowest BCUT2D eigenvalue weighted by molar-refractivity contribution is -0.121. The van der Waals surface area contributed by atoms with Crippen LogP contribution in [0.25, 0.3) is 0 Å². The molecule has 1 N–H and O–H groups in total.